The van der Waals surface area contributed by atoms with Gasteiger partial charge in [0.2, 0.25) is 0 Å². The van der Waals surface area contributed by atoms with E-state index in [0.717, 1.165) is 40.6 Å². The molecule has 0 amide bonds. The van der Waals surface area contributed by atoms with Gasteiger partial charge in [0.05, 0.1) is 23.6 Å². The number of para-hydroxylation sites is 2. The van der Waals surface area contributed by atoms with Crippen LogP contribution in [-0.2, 0) is 0 Å². The van der Waals surface area contributed by atoms with E-state index in [1.54, 1.807) is 48.7 Å². The quantitative estimate of drug-likeness (QED) is 0.508. The maximum atomic E-state index is 5.37. The topological polar surface area (TPSA) is 44.2 Å². The summed E-state index contributed by atoms with van der Waals surface area (Å²) in [4.78, 5) is 9.37. The summed E-state index contributed by atoms with van der Waals surface area (Å²) in [5, 5.41) is 0. The minimum absolute atomic E-state index is 0.802. The van der Waals surface area contributed by atoms with Crippen molar-refractivity contribution in [2.75, 3.05) is 14.2 Å². The van der Waals surface area contributed by atoms with E-state index in [4.69, 9.17) is 9.47 Å². The van der Waals surface area contributed by atoms with E-state index in [2.05, 4.69) is 22.1 Å². The van der Waals surface area contributed by atoms with Crippen LogP contribution in [0.5, 0.6) is 11.5 Å². The van der Waals surface area contributed by atoms with Crippen molar-refractivity contribution >= 4 is 54.9 Å². The average molecular weight is 360 g/mol. The fourth-order valence-corrected chi connectivity index (χ4v) is 5.65. The zero-order valence-electron chi connectivity index (χ0n) is 12.4. The highest BCUT2D eigenvalue weighted by Crippen LogP contribution is 2.41. The van der Waals surface area contributed by atoms with Crippen molar-refractivity contribution in [1.82, 2.24) is 9.97 Å². The summed E-state index contributed by atoms with van der Waals surface area (Å²) in [5.74, 6) is 1.60. The van der Waals surface area contributed by atoms with E-state index in [-0.39, 0.29) is 0 Å². The fraction of sp³-hybridized carbons (Fsp3) is 0.125. The van der Waals surface area contributed by atoms with Crippen LogP contribution in [0.25, 0.3) is 20.4 Å². The van der Waals surface area contributed by atoms with Gasteiger partial charge < -0.3 is 9.47 Å². The first-order valence-electron chi connectivity index (χ1n) is 6.83. The first-order valence-corrected chi connectivity index (χ1v) is 9.28. The molecule has 2 aromatic heterocycles. The maximum Gasteiger partial charge on any atom is 0.158 e. The van der Waals surface area contributed by atoms with Crippen LogP contribution in [0.15, 0.2) is 45.1 Å². The van der Waals surface area contributed by atoms with Gasteiger partial charge in [0, 0.05) is 0 Å². The van der Waals surface area contributed by atoms with Gasteiger partial charge in [-0.05, 0) is 36.0 Å². The van der Waals surface area contributed by atoms with Crippen LogP contribution in [0.2, 0.25) is 0 Å². The van der Waals surface area contributed by atoms with Crippen LogP contribution in [0.3, 0.4) is 0 Å². The van der Waals surface area contributed by atoms with Crippen molar-refractivity contribution in [2.24, 2.45) is 0 Å². The lowest BCUT2D eigenvalue weighted by molar-refractivity contribution is 0.419. The van der Waals surface area contributed by atoms with Gasteiger partial charge in [-0.2, -0.15) is 0 Å². The molecular weight excluding hydrogens is 348 g/mol. The Hall–Kier alpha value is -1.83. The van der Waals surface area contributed by atoms with Crippen LogP contribution in [0, 0.1) is 0 Å². The fourth-order valence-electron chi connectivity index (χ4n) is 2.30. The summed E-state index contributed by atoms with van der Waals surface area (Å²) in [6, 6.07) is 11.9. The summed E-state index contributed by atoms with van der Waals surface area (Å²) >= 11 is 4.88. The van der Waals surface area contributed by atoms with Gasteiger partial charge in [-0.3, -0.25) is 0 Å². The maximum absolute atomic E-state index is 5.37. The van der Waals surface area contributed by atoms with Crippen molar-refractivity contribution in [3.05, 3.63) is 36.4 Å². The zero-order valence-corrected chi connectivity index (χ0v) is 14.8. The average Bonchev–Trinajstić information content (AvgIpc) is 3.16. The molecule has 116 valence electrons. The smallest absolute Gasteiger partial charge is 0.158 e. The molecule has 0 aliphatic carbocycles. The van der Waals surface area contributed by atoms with E-state index in [9.17, 15) is 0 Å². The van der Waals surface area contributed by atoms with Crippen molar-refractivity contribution in [2.45, 2.75) is 8.68 Å². The summed E-state index contributed by atoms with van der Waals surface area (Å²) in [5.41, 5.74) is 1.81. The lowest BCUT2D eigenvalue weighted by atomic mass is 10.3. The number of hydrogen-bond acceptors (Lipinski definition) is 7. The predicted octanol–water partition coefficient (Wildman–Crippen LogP) is 5.07. The number of fused-ring (bicyclic) bond motifs is 2. The molecular formula is C16H12N2O2S3. The van der Waals surface area contributed by atoms with Gasteiger partial charge in [-0.25, -0.2) is 9.97 Å². The number of hydrogen-bond donors (Lipinski definition) is 0. The molecule has 2 heterocycles. The molecule has 0 saturated heterocycles. The van der Waals surface area contributed by atoms with Crippen LogP contribution in [0.1, 0.15) is 0 Å². The summed E-state index contributed by atoms with van der Waals surface area (Å²) < 4.78 is 14.9. The molecule has 0 radical (unpaired) electrons. The van der Waals surface area contributed by atoms with Crippen LogP contribution >= 0.6 is 34.4 Å². The van der Waals surface area contributed by atoms with Gasteiger partial charge in [-0.1, -0.05) is 12.1 Å². The van der Waals surface area contributed by atoms with Crippen molar-refractivity contribution in [3.8, 4) is 11.5 Å². The number of methoxy groups -OCH3 is 2. The third-order valence-electron chi connectivity index (χ3n) is 3.34. The first kappa shape index (κ1) is 14.7. The Morgan fingerprint density at radius 3 is 1.70 bits per heavy atom. The van der Waals surface area contributed by atoms with Gasteiger partial charge >= 0.3 is 0 Å². The van der Waals surface area contributed by atoms with Crippen LogP contribution in [-0.4, -0.2) is 24.2 Å². The second-order valence-electron chi connectivity index (χ2n) is 4.68. The number of ether oxygens (including phenoxy) is 2. The van der Waals surface area contributed by atoms with E-state index in [0.29, 0.717) is 0 Å². The molecule has 7 heteroatoms. The number of thiazole rings is 2. The Morgan fingerprint density at radius 2 is 1.26 bits per heavy atom. The Morgan fingerprint density at radius 1 is 0.783 bits per heavy atom. The highest BCUT2D eigenvalue weighted by molar-refractivity contribution is 8.02. The lowest BCUT2D eigenvalue weighted by Gasteiger charge is -1.98. The predicted molar refractivity (Wildman–Crippen MR) is 96.5 cm³/mol. The molecule has 0 bridgehead atoms. The molecule has 0 atom stereocenters. The van der Waals surface area contributed by atoms with E-state index >= 15 is 0 Å². The highest BCUT2D eigenvalue weighted by atomic mass is 32.2. The molecule has 0 aliphatic rings. The van der Waals surface area contributed by atoms with Gasteiger partial charge in [-0.15, -0.1) is 22.7 Å². The van der Waals surface area contributed by atoms with Crippen molar-refractivity contribution < 1.29 is 9.47 Å². The molecule has 0 aliphatic heterocycles. The third kappa shape index (κ3) is 2.65. The largest absolute Gasteiger partial charge is 0.494 e. The Bertz CT molecular complexity index is 913. The molecule has 0 N–H and O–H groups in total. The first-order chi connectivity index (χ1) is 11.3. The van der Waals surface area contributed by atoms with Crippen molar-refractivity contribution in [1.29, 1.82) is 0 Å². The number of rotatable bonds is 4. The Balaban J connectivity index is 1.73. The molecule has 4 aromatic rings. The van der Waals surface area contributed by atoms with Crippen LogP contribution in [0.4, 0.5) is 0 Å². The molecule has 2 aromatic carbocycles. The second kappa shape index (κ2) is 5.99. The monoisotopic (exact) mass is 360 g/mol. The standard InChI is InChI=1S/C16H12N2O2S3/c1-19-9-5-3-7-11-13(9)17-15(21-11)23-16-18-14-10(20-2)6-4-8-12(14)22-16/h3-8H,1-2H3. The minimum atomic E-state index is 0.802. The lowest BCUT2D eigenvalue weighted by Crippen LogP contribution is -1.83. The van der Waals surface area contributed by atoms with Gasteiger partial charge in [0.25, 0.3) is 0 Å². The van der Waals surface area contributed by atoms with E-state index in [1.165, 1.54) is 0 Å². The number of benzene rings is 2. The summed E-state index contributed by atoms with van der Waals surface area (Å²) in [6.07, 6.45) is 0. The third-order valence-corrected chi connectivity index (χ3v) is 6.50. The van der Waals surface area contributed by atoms with Gasteiger partial charge in [0.15, 0.2) is 8.68 Å². The molecule has 4 nitrogen and oxygen atoms in total. The van der Waals surface area contributed by atoms with E-state index in [1.807, 2.05) is 24.3 Å². The second-order valence-corrected chi connectivity index (χ2v) is 8.23. The number of aromatic nitrogens is 2. The van der Waals surface area contributed by atoms with Gasteiger partial charge in [0.1, 0.15) is 22.5 Å². The molecule has 0 saturated carbocycles. The van der Waals surface area contributed by atoms with Crippen molar-refractivity contribution in [3.63, 3.8) is 0 Å². The SMILES string of the molecule is COc1cccc2sc(Sc3nc4c(OC)cccc4s3)nc12. The number of nitrogens with zero attached hydrogens (tertiary/aromatic N) is 2. The normalized spacial score (nSPS) is 11.2. The van der Waals surface area contributed by atoms with E-state index < -0.39 is 0 Å². The summed E-state index contributed by atoms with van der Waals surface area (Å²) in [7, 11) is 3.33. The molecule has 0 unspecified atom stereocenters. The summed E-state index contributed by atoms with van der Waals surface area (Å²) in [6.45, 7) is 0. The molecule has 23 heavy (non-hydrogen) atoms. The minimum Gasteiger partial charge on any atom is -0.494 e. The molecule has 0 spiro atoms. The Labute approximate surface area is 145 Å². The van der Waals surface area contributed by atoms with Crippen LogP contribution < -0.4 is 9.47 Å². The molecule has 4 rings (SSSR count). The zero-order chi connectivity index (χ0) is 15.8. The highest BCUT2D eigenvalue weighted by Gasteiger charge is 2.13. The molecule has 0 fully saturated rings. The Kier molecular flexibility index (Phi) is 3.84.